The molecule has 26 heavy (non-hydrogen) atoms. The molecule has 1 saturated heterocycles. The highest BCUT2D eigenvalue weighted by atomic mass is 16.5. The first-order valence-corrected chi connectivity index (χ1v) is 8.99. The molecule has 1 amide bonds. The molecule has 138 valence electrons. The quantitative estimate of drug-likeness (QED) is 0.825. The minimum atomic E-state index is -0.141. The molecule has 6 heteroatoms. The number of nitrogens with zero attached hydrogens (tertiary/aromatic N) is 2. The molecule has 1 fully saturated rings. The van der Waals surface area contributed by atoms with Crippen LogP contribution < -0.4 is 10.1 Å². The zero-order valence-corrected chi connectivity index (χ0v) is 15.1. The highest BCUT2D eigenvalue weighted by Gasteiger charge is 2.11. The Bertz CT molecular complexity index is 695. The fourth-order valence-corrected chi connectivity index (χ4v) is 2.81. The summed E-state index contributed by atoms with van der Waals surface area (Å²) in [6.07, 6.45) is 1.53. The number of carbonyl (C=O) groups is 1. The Morgan fingerprint density at radius 2 is 1.88 bits per heavy atom. The van der Waals surface area contributed by atoms with E-state index in [1.54, 1.807) is 12.1 Å². The summed E-state index contributed by atoms with van der Waals surface area (Å²) in [5, 5.41) is 2.92. The average molecular weight is 355 g/mol. The number of carbonyl (C=O) groups excluding carboxylic acids is 1. The number of nitrogens with one attached hydrogen (secondary N) is 1. The average Bonchev–Trinajstić information content (AvgIpc) is 2.69. The molecule has 0 unspecified atom stereocenters. The van der Waals surface area contributed by atoms with E-state index in [1.165, 1.54) is 11.8 Å². The van der Waals surface area contributed by atoms with Crippen LogP contribution >= 0.6 is 0 Å². The van der Waals surface area contributed by atoms with Crippen LogP contribution in [0.2, 0.25) is 0 Å². The van der Waals surface area contributed by atoms with Crippen LogP contribution in [0.1, 0.15) is 28.4 Å². The van der Waals surface area contributed by atoms with Gasteiger partial charge in [0.15, 0.2) is 0 Å². The lowest BCUT2D eigenvalue weighted by atomic mass is 10.1. The molecule has 0 aliphatic carbocycles. The highest BCUT2D eigenvalue weighted by Crippen LogP contribution is 2.10. The second kappa shape index (κ2) is 9.31. The number of ether oxygens (including phenoxy) is 2. The largest absolute Gasteiger partial charge is 0.478 e. The maximum atomic E-state index is 12.2. The van der Waals surface area contributed by atoms with Gasteiger partial charge in [0.05, 0.1) is 25.4 Å². The lowest BCUT2D eigenvalue weighted by Crippen LogP contribution is -2.35. The monoisotopic (exact) mass is 355 g/mol. The molecule has 0 atom stereocenters. The van der Waals surface area contributed by atoms with Gasteiger partial charge in [0.25, 0.3) is 5.91 Å². The maximum absolute atomic E-state index is 12.2. The van der Waals surface area contributed by atoms with E-state index in [1.807, 2.05) is 6.92 Å². The van der Waals surface area contributed by atoms with Crippen molar-refractivity contribution in [1.82, 2.24) is 15.2 Å². The lowest BCUT2D eigenvalue weighted by molar-refractivity contribution is 0.0342. The molecule has 2 aromatic rings. The fraction of sp³-hybridized carbons (Fsp3) is 0.400. The minimum Gasteiger partial charge on any atom is -0.478 e. The number of aromatic nitrogens is 1. The van der Waals surface area contributed by atoms with Crippen LogP contribution in [0.15, 0.2) is 42.6 Å². The summed E-state index contributed by atoms with van der Waals surface area (Å²) < 4.78 is 10.7. The van der Waals surface area contributed by atoms with Gasteiger partial charge in [-0.3, -0.25) is 9.69 Å². The van der Waals surface area contributed by atoms with Crippen molar-refractivity contribution < 1.29 is 14.3 Å². The third kappa shape index (κ3) is 5.28. The number of morpholine rings is 1. The number of pyridine rings is 1. The van der Waals surface area contributed by atoms with Crippen molar-refractivity contribution in [3.63, 3.8) is 0 Å². The predicted molar refractivity (Wildman–Crippen MR) is 99.1 cm³/mol. The van der Waals surface area contributed by atoms with E-state index in [0.29, 0.717) is 24.6 Å². The standard InChI is InChI=1S/C20H25N3O3/c1-2-26-19-8-7-18(14-21-19)20(24)22-13-16-3-5-17(6-4-16)15-23-9-11-25-12-10-23/h3-8,14H,2,9-13,15H2,1H3,(H,22,24). The zero-order valence-electron chi connectivity index (χ0n) is 15.1. The summed E-state index contributed by atoms with van der Waals surface area (Å²) in [6, 6.07) is 11.8. The van der Waals surface area contributed by atoms with Crippen molar-refractivity contribution >= 4 is 5.91 Å². The summed E-state index contributed by atoms with van der Waals surface area (Å²) in [6.45, 7) is 7.46. The van der Waals surface area contributed by atoms with Gasteiger partial charge in [-0.15, -0.1) is 0 Å². The van der Waals surface area contributed by atoms with Crippen molar-refractivity contribution in [3.05, 3.63) is 59.3 Å². The summed E-state index contributed by atoms with van der Waals surface area (Å²) in [5.41, 5.74) is 2.87. The normalized spacial score (nSPS) is 14.8. The van der Waals surface area contributed by atoms with Gasteiger partial charge in [-0.2, -0.15) is 0 Å². The summed E-state index contributed by atoms with van der Waals surface area (Å²) >= 11 is 0. The number of hydrogen-bond donors (Lipinski definition) is 1. The van der Waals surface area contributed by atoms with Gasteiger partial charge in [0.2, 0.25) is 5.88 Å². The molecule has 0 bridgehead atoms. The van der Waals surface area contributed by atoms with Crippen LogP contribution in [0, 0.1) is 0 Å². The second-order valence-corrected chi connectivity index (χ2v) is 6.21. The Labute approximate surface area is 154 Å². The maximum Gasteiger partial charge on any atom is 0.253 e. The molecule has 2 heterocycles. The van der Waals surface area contributed by atoms with Crippen LogP contribution in [0.5, 0.6) is 5.88 Å². The number of amides is 1. The molecule has 0 spiro atoms. The number of hydrogen-bond acceptors (Lipinski definition) is 5. The van der Waals surface area contributed by atoms with Crippen LogP contribution in [0.4, 0.5) is 0 Å². The summed E-state index contributed by atoms with van der Waals surface area (Å²) in [4.78, 5) is 18.7. The van der Waals surface area contributed by atoms with Crippen molar-refractivity contribution in [3.8, 4) is 5.88 Å². The molecule has 6 nitrogen and oxygen atoms in total. The Kier molecular flexibility index (Phi) is 6.57. The van der Waals surface area contributed by atoms with Gasteiger partial charge < -0.3 is 14.8 Å². The Morgan fingerprint density at radius 3 is 2.54 bits per heavy atom. The van der Waals surface area contributed by atoms with Crippen LogP contribution in [0.3, 0.4) is 0 Å². The van der Waals surface area contributed by atoms with Crippen LogP contribution in [-0.4, -0.2) is 48.7 Å². The van der Waals surface area contributed by atoms with Crippen molar-refractivity contribution in [2.24, 2.45) is 0 Å². The van der Waals surface area contributed by atoms with Gasteiger partial charge in [-0.25, -0.2) is 4.98 Å². The number of benzene rings is 1. The lowest BCUT2D eigenvalue weighted by Gasteiger charge is -2.26. The van der Waals surface area contributed by atoms with Crippen LogP contribution in [-0.2, 0) is 17.8 Å². The van der Waals surface area contributed by atoms with E-state index in [-0.39, 0.29) is 5.91 Å². The molecular formula is C20H25N3O3. The van der Waals surface area contributed by atoms with Gasteiger partial charge >= 0.3 is 0 Å². The molecule has 0 saturated carbocycles. The second-order valence-electron chi connectivity index (χ2n) is 6.21. The van der Waals surface area contributed by atoms with Gasteiger partial charge in [0, 0.05) is 38.4 Å². The number of rotatable bonds is 7. The van der Waals surface area contributed by atoms with Gasteiger partial charge in [-0.1, -0.05) is 24.3 Å². The minimum absolute atomic E-state index is 0.141. The van der Waals surface area contributed by atoms with Gasteiger partial charge in [-0.05, 0) is 24.1 Å². The fourth-order valence-electron chi connectivity index (χ4n) is 2.81. The van der Waals surface area contributed by atoms with E-state index in [9.17, 15) is 4.79 Å². The molecule has 1 aliphatic heterocycles. The topological polar surface area (TPSA) is 63.7 Å². The molecule has 1 aromatic carbocycles. The first-order valence-electron chi connectivity index (χ1n) is 8.99. The molecular weight excluding hydrogens is 330 g/mol. The molecule has 1 N–H and O–H groups in total. The SMILES string of the molecule is CCOc1ccc(C(=O)NCc2ccc(CN3CCOCC3)cc2)cn1. The first kappa shape index (κ1) is 18.4. The van der Waals surface area contributed by atoms with Crippen LogP contribution in [0.25, 0.3) is 0 Å². The smallest absolute Gasteiger partial charge is 0.253 e. The highest BCUT2D eigenvalue weighted by molar-refractivity contribution is 5.93. The van der Waals surface area contributed by atoms with E-state index >= 15 is 0 Å². The van der Waals surface area contributed by atoms with E-state index in [2.05, 4.69) is 39.5 Å². The Morgan fingerprint density at radius 1 is 1.15 bits per heavy atom. The third-order valence-electron chi connectivity index (χ3n) is 4.28. The van der Waals surface area contributed by atoms with E-state index < -0.39 is 0 Å². The van der Waals surface area contributed by atoms with E-state index in [0.717, 1.165) is 38.4 Å². The van der Waals surface area contributed by atoms with Crippen molar-refractivity contribution in [2.75, 3.05) is 32.9 Å². The molecule has 1 aromatic heterocycles. The predicted octanol–water partition coefficient (Wildman–Crippen LogP) is 2.24. The Balaban J connectivity index is 1.48. The summed E-state index contributed by atoms with van der Waals surface area (Å²) in [7, 11) is 0. The van der Waals surface area contributed by atoms with Crippen molar-refractivity contribution in [2.45, 2.75) is 20.0 Å². The molecule has 3 rings (SSSR count). The zero-order chi connectivity index (χ0) is 18.2. The Hall–Kier alpha value is -2.44. The molecule has 1 aliphatic rings. The third-order valence-corrected chi connectivity index (χ3v) is 4.28. The molecule has 0 radical (unpaired) electrons. The van der Waals surface area contributed by atoms with Gasteiger partial charge in [0.1, 0.15) is 0 Å². The first-order chi connectivity index (χ1) is 12.7. The van der Waals surface area contributed by atoms with Crippen molar-refractivity contribution in [1.29, 1.82) is 0 Å². The summed E-state index contributed by atoms with van der Waals surface area (Å²) in [5.74, 6) is 0.387. The van der Waals surface area contributed by atoms with E-state index in [4.69, 9.17) is 9.47 Å².